The zero-order valence-electron chi connectivity index (χ0n) is 13.0. The maximum atomic E-state index is 2.60. The number of likely N-dealkylation sites (tertiary alicyclic amines) is 1. The fourth-order valence-corrected chi connectivity index (χ4v) is 3.25. The summed E-state index contributed by atoms with van der Waals surface area (Å²) in [6.07, 6.45) is 3.92. The van der Waals surface area contributed by atoms with Crippen molar-refractivity contribution in [1.82, 2.24) is 4.90 Å². The van der Waals surface area contributed by atoms with Gasteiger partial charge in [0.1, 0.15) is 0 Å². The third kappa shape index (κ3) is 4.18. The van der Waals surface area contributed by atoms with E-state index < -0.39 is 0 Å². The van der Waals surface area contributed by atoms with Crippen molar-refractivity contribution >= 4 is 0 Å². The molecule has 0 unspecified atom stereocenters. The van der Waals surface area contributed by atoms with E-state index in [1.165, 1.54) is 49.0 Å². The average molecular weight is 279 g/mol. The maximum absolute atomic E-state index is 2.60. The van der Waals surface area contributed by atoms with Crippen LogP contribution in [0.25, 0.3) is 0 Å². The Hall–Kier alpha value is -1.60. The Balaban J connectivity index is 1.47. The average Bonchev–Trinajstić information content (AvgIpc) is 2.53. The smallest absolute Gasteiger partial charge is 0.0233 e. The second-order valence-electron chi connectivity index (χ2n) is 6.39. The first-order valence-electron chi connectivity index (χ1n) is 8.11. The van der Waals surface area contributed by atoms with E-state index in [9.17, 15) is 0 Å². The van der Waals surface area contributed by atoms with Gasteiger partial charge in [-0.3, -0.25) is 4.90 Å². The summed E-state index contributed by atoms with van der Waals surface area (Å²) < 4.78 is 0. The Morgan fingerprint density at radius 2 is 1.52 bits per heavy atom. The third-order valence-electron chi connectivity index (χ3n) is 4.60. The Kier molecular flexibility index (Phi) is 4.72. The number of aryl methyl sites for hydroxylation is 1. The molecule has 0 spiro atoms. The van der Waals surface area contributed by atoms with Crippen LogP contribution in [0.4, 0.5) is 0 Å². The van der Waals surface area contributed by atoms with Crippen LogP contribution in [0.1, 0.15) is 29.5 Å². The third-order valence-corrected chi connectivity index (χ3v) is 4.60. The van der Waals surface area contributed by atoms with Crippen molar-refractivity contribution < 1.29 is 0 Å². The lowest BCUT2D eigenvalue weighted by Crippen LogP contribution is -2.33. The molecule has 3 rings (SSSR count). The van der Waals surface area contributed by atoms with Crippen molar-refractivity contribution in [1.29, 1.82) is 0 Å². The van der Waals surface area contributed by atoms with Crippen molar-refractivity contribution in [3.05, 3.63) is 71.3 Å². The molecule has 0 bridgehead atoms. The van der Waals surface area contributed by atoms with Crippen molar-refractivity contribution in [2.75, 3.05) is 13.1 Å². The van der Waals surface area contributed by atoms with Crippen molar-refractivity contribution in [2.24, 2.45) is 5.92 Å². The lowest BCUT2D eigenvalue weighted by atomic mass is 9.90. The Morgan fingerprint density at radius 1 is 0.857 bits per heavy atom. The van der Waals surface area contributed by atoms with Crippen LogP contribution in [0.15, 0.2) is 54.6 Å². The summed E-state index contributed by atoms with van der Waals surface area (Å²) in [5.41, 5.74) is 4.29. The van der Waals surface area contributed by atoms with Gasteiger partial charge in [-0.05, 0) is 56.3 Å². The van der Waals surface area contributed by atoms with Gasteiger partial charge in [-0.2, -0.15) is 0 Å². The Morgan fingerprint density at radius 3 is 2.19 bits per heavy atom. The SMILES string of the molecule is Cc1ccc(CN2CCC(Cc3ccccc3)CC2)cc1. The first kappa shape index (κ1) is 14.3. The second-order valence-corrected chi connectivity index (χ2v) is 6.39. The van der Waals surface area contributed by atoms with Crippen LogP contribution in [0.3, 0.4) is 0 Å². The molecule has 2 aromatic rings. The summed E-state index contributed by atoms with van der Waals surface area (Å²) >= 11 is 0. The van der Waals surface area contributed by atoms with Gasteiger partial charge in [0.15, 0.2) is 0 Å². The summed E-state index contributed by atoms with van der Waals surface area (Å²) in [5, 5.41) is 0. The van der Waals surface area contributed by atoms with E-state index >= 15 is 0 Å². The summed E-state index contributed by atoms with van der Waals surface area (Å²) in [7, 11) is 0. The van der Waals surface area contributed by atoms with E-state index in [-0.39, 0.29) is 0 Å². The van der Waals surface area contributed by atoms with Crippen molar-refractivity contribution in [2.45, 2.75) is 32.7 Å². The molecule has 1 aliphatic heterocycles. The molecular weight excluding hydrogens is 254 g/mol. The van der Waals surface area contributed by atoms with E-state index in [0.717, 1.165) is 12.5 Å². The molecule has 2 aromatic carbocycles. The summed E-state index contributed by atoms with van der Waals surface area (Å²) in [5.74, 6) is 0.863. The molecule has 0 amide bonds. The lowest BCUT2D eigenvalue weighted by Gasteiger charge is -2.32. The molecule has 1 nitrogen and oxygen atoms in total. The van der Waals surface area contributed by atoms with Gasteiger partial charge in [0.05, 0.1) is 0 Å². The van der Waals surface area contributed by atoms with E-state index in [1.807, 2.05) is 0 Å². The van der Waals surface area contributed by atoms with Crippen molar-refractivity contribution in [3.63, 3.8) is 0 Å². The molecule has 0 atom stereocenters. The fraction of sp³-hybridized carbons (Fsp3) is 0.400. The molecule has 0 aromatic heterocycles. The highest BCUT2D eigenvalue weighted by molar-refractivity contribution is 5.21. The number of hydrogen-bond acceptors (Lipinski definition) is 1. The topological polar surface area (TPSA) is 3.24 Å². The van der Waals surface area contributed by atoms with Gasteiger partial charge in [0.2, 0.25) is 0 Å². The molecule has 1 saturated heterocycles. The quantitative estimate of drug-likeness (QED) is 0.799. The molecule has 110 valence electrons. The van der Waals surface area contributed by atoms with Crippen LogP contribution < -0.4 is 0 Å². The molecule has 0 aliphatic carbocycles. The molecule has 1 heteroatoms. The van der Waals surface area contributed by atoms with Crippen LogP contribution in [0, 0.1) is 12.8 Å². The van der Waals surface area contributed by atoms with Crippen LogP contribution in [-0.4, -0.2) is 18.0 Å². The monoisotopic (exact) mass is 279 g/mol. The van der Waals surface area contributed by atoms with Crippen LogP contribution in [0.5, 0.6) is 0 Å². The molecule has 0 N–H and O–H groups in total. The van der Waals surface area contributed by atoms with Crippen molar-refractivity contribution in [3.8, 4) is 0 Å². The second kappa shape index (κ2) is 6.91. The maximum Gasteiger partial charge on any atom is 0.0233 e. The first-order chi connectivity index (χ1) is 10.3. The van der Waals surface area contributed by atoms with Gasteiger partial charge < -0.3 is 0 Å². The minimum absolute atomic E-state index is 0.863. The molecule has 0 saturated carbocycles. The molecule has 1 aliphatic rings. The van der Waals surface area contributed by atoms with Gasteiger partial charge >= 0.3 is 0 Å². The molecule has 21 heavy (non-hydrogen) atoms. The minimum atomic E-state index is 0.863. The molecular formula is C20H25N. The standard InChI is InChI=1S/C20H25N/c1-17-7-9-20(10-8-17)16-21-13-11-19(12-14-21)15-18-5-3-2-4-6-18/h2-10,19H,11-16H2,1H3. The summed E-state index contributed by atoms with van der Waals surface area (Å²) in [6.45, 7) is 5.74. The number of benzene rings is 2. The minimum Gasteiger partial charge on any atom is -0.299 e. The summed E-state index contributed by atoms with van der Waals surface area (Å²) in [4.78, 5) is 2.60. The largest absolute Gasteiger partial charge is 0.299 e. The first-order valence-corrected chi connectivity index (χ1v) is 8.11. The van der Waals surface area contributed by atoms with E-state index in [0.29, 0.717) is 0 Å². The van der Waals surface area contributed by atoms with Gasteiger partial charge in [-0.25, -0.2) is 0 Å². The van der Waals surface area contributed by atoms with Gasteiger partial charge in [0, 0.05) is 6.54 Å². The molecule has 1 fully saturated rings. The number of rotatable bonds is 4. The fourth-order valence-electron chi connectivity index (χ4n) is 3.25. The Labute approximate surface area is 128 Å². The predicted octanol–water partition coefficient (Wildman–Crippen LogP) is 4.45. The molecule has 0 radical (unpaired) electrons. The van der Waals surface area contributed by atoms with E-state index in [1.54, 1.807) is 0 Å². The van der Waals surface area contributed by atoms with Crippen LogP contribution in [-0.2, 0) is 13.0 Å². The highest BCUT2D eigenvalue weighted by atomic mass is 15.1. The van der Waals surface area contributed by atoms with E-state index in [2.05, 4.69) is 66.4 Å². The lowest BCUT2D eigenvalue weighted by molar-refractivity contribution is 0.177. The number of hydrogen-bond donors (Lipinski definition) is 0. The predicted molar refractivity (Wildman–Crippen MR) is 89.3 cm³/mol. The van der Waals surface area contributed by atoms with Gasteiger partial charge in [0.25, 0.3) is 0 Å². The van der Waals surface area contributed by atoms with Crippen LogP contribution >= 0.6 is 0 Å². The molecule has 1 heterocycles. The zero-order chi connectivity index (χ0) is 14.5. The van der Waals surface area contributed by atoms with E-state index in [4.69, 9.17) is 0 Å². The highest BCUT2D eigenvalue weighted by Gasteiger charge is 2.19. The number of nitrogens with zero attached hydrogens (tertiary/aromatic N) is 1. The summed E-state index contributed by atoms with van der Waals surface area (Å²) in [6, 6.07) is 19.9. The van der Waals surface area contributed by atoms with Gasteiger partial charge in [-0.15, -0.1) is 0 Å². The zero-order valence-corrected chi connectivity index (χ0v) is 13.0. The Bertz CT molecular complexity index is 536. The normalized spacial score (nSPS) is 17.0. The number of piperidine rings is 1. The van der Waals surface area contributed by atoms with Crippen LogP contribution in [0.2, 0.25) is 0 Å². The van der Waals surface area contributed by atoms with Gasteiger partial charge in [-0.1, -0.05) is 60.2 Å². The highest BCUT2D eigenvalue weighted by Crippen LogP contribution is 2.22.